The lowest BCUT2D eigenvalue weighted by Gasteiger charge is -2.14. The van der Waals surface area contributed by atoms with Crippen molar-refractivity contribution >= 4 is 16.5 Å². The molecule has 0 radical (unpaired) electrons. The number of aryl methyl sites for hydroxylation is 1. The molecule has 0 saturated heterocycles. The van der Waals surface area contributed by atoms with Gasteiger partial charge in [-0.1, -0.05) is 33.1 Å². The van der Waals surface area contributed by atoms with Crippen molar-refractivity contribution in [1.82, 2.24) is 4.98 Å². The fourth-order valence-corrected chi connectivity index (χ4v) is 2.79. The maximum atomic E-state index is 5.77. The van der Waals surface area contributed by atoms with E-state index in [1.807, 2.05) is 0 Å². The van der Waals surface area contributed by atoms with Crippen LogP contribution in [0.4, 0.5) is 5.13 Å². The lowest BCUT2D eigenvalue weighted by molar-refractivity contribution is 0.703. The van der Waals surface area contributed by atoms with Gasteiger partial charge in [-0.2, -0.15) is 0 Å². The van der Waals surface area contributed by atoms with Crippen molar-refractivity contribution < 1.29 is 0 Å². The molecule has 0 atom stereocenters. The molecule has 4 heteroatoms. The van der Waals surface area contributed by atoms with E-state index in [2.05, 4.69) is 25.8 Å². The van der Waals surface area contributed by atoms with Gasteiger partial charge >= 0.3 is 0 Å². The summed E-state index contributed by atoms with van der Waals surface area (Å²) in [5, 5.41) is 1.13. The number of anilines is 1. The summed E-state index contributed by atoms with van der Waals surface area (Å²) >= 11 is 1.76. The molecule has 0 fully saturated rings. The molecule has 1 rings (SSSR count). The predicted molar refractivity (Wildman–Crippen MR) is 76.8 cm³/mol. The van der Waals surface area contributed by atoms with Crippen LogP contribution in [0.15, 0.2) is 0 Å². The number of nitrogens with two attached hydrogens (primary N) is 1. The van der Waals surface area contributed by atoms with Crippen molar-refractivity contribution in [2.75, 3.05) is 18.5 Å². The van der Waals surface area contributed by atoms with Crippen LogP contribution in [-0.4, -0.2) is 18.6 Å². The van der Waals surface area contributed by atoms with E-state index in [9.17, 15) is 0 Å². The Morgan fingerprint density at radius 2 is 2.00 bits per heavy atom. The number of thiazole rings is 1. The molecular formula is C13H25N3S. The monoisotopic (exact) mass is 255 g/mol. The lowest BCUT2D eigenvalue weighted by atomic mass is 10.2. The molecule has 1 aromatic heterocycles. The van der Waals surface area contributed by atoms with Crippen molar-refractivity contribution in [1.29, 1.82) is 0 Å². The molecule has 0 unspecified atom stereocenters. The van der Waals surface area contributed by atoms with Gasteiger partial charge in [0.15, 0.2) is 5.13 Å². The van der Waals surface area contributed by atoms with Crippen molar-refractivity contribution in [3.05, 3.63) is 10.6 Å². The van der Waals surface area contributed by atoms with E-state index >= 15 is 0 Å². The second kappa shape index (κ2) is 7.67. The fourth-order valence-electron chi connectivity index (χ4n) is 1.82. The molecule has 0 aromatic carbocycles. The van der Waals surface area contributed by atoms with Crippen LogP contribution in [0, 0.1) is 0 Å². The molecule has 98 valence electrons. The topological polar surface area (TPSA) is 42.2 Å². The molecule has 2 N–H and O–H groups in total. The average molecular weight is 255 g/mol. The fraction of sp³-hybridized carbons (Fsp3) is 0.769. The smallest absolute Gasteiger partial charge is 0.185 e. The zero-order chi connectivity index (χ0) is 12.7. The molecular weight excluding hydrogens is 230 g/mol. The van der Waals surface area contributed by atoms with Crippen LogP contribution >= 0.6 is 11.3 Å². The quantitative estimate of drug-likeness (QED) is 0.725. The molecule has 0 bridgehead atoms. The maximum absolute atomic E-state index is 5.77. The zero-order valence-electron chi connectivity index (χ0n) is 11.3. The van der Waals surface area contributed by atoms with Crippen LogP contribution in [0.1, 0.15) is 50.1 Å². The van der Waals surface area contributed by atoms with E-state index < -0.39 is 0 Å². The minimum atomic E-state index is 0.621. The molecule has 0 aliphatic rings. The van der Waals surface area contributed by atoms with E-state index in [1.165, 1.54) is 29.8 Å². The van der Waals surface area contributed by atoms with E-state index in [0.717, 1.165) is 24.5 Å². The van der Waals surface area contributed by atoms with Gasteiger partial charge in [0.05, 0.1) is 5.69 Å². The summed E-state index contributed by atoms with van der Waals surface area (Å²) in [7, 11) is 2.13. The second-order valence-corrected chi connectivity index (χ2v) is 5.51. The molecule has 0 amide bonds. The number of aromatic nitrogens is 1. The zero-order valence-corrected chi connectivity index (χ0v) is 12.1. The van der Waals surface area contributed by atoms with Crippen LogP contribution < -0.4 is 10.6 Å². The van der Waals surface area contributed by atoms with Gasteiger partial charge in [0, 0.05) is 25.0 Å². The number of hydrogen-bond acceptors (Lipinski definition) is 4. The molecule has 1 aromatic rings. The van der Waals surface area contributed by atoms with E-state index in [1.54, 1.807) is 11.3 Å². The Bertz CT molecular complexity index is 322. The SMILES string of the molecule is CCCCCN(C)c1nc(CCC)c(CN)s1. The molecule has 0 aliphatic heterocycles. The second-order valence-electron chi connectivity index (χ2n) is 4.45. The van der Waals surface area contributed by atoms with Crippen molar-refractivity contribution in [2.24, 2.45) is 5.73 Å². The standard InChI is InChI=1S/C13H25N3S/c1-4-6-7-9-16(3)13-15-11(8-5-2)12(10-14)17-13/h4-10,14H2,1-3H3. The highest BCUT2D eigenvalue weighted by molar-refractivity contribution is 7.15. The van der Waals surface area contributed by atoms with Gasteiger partial charge in [-0.15, -0.1) is 11.3 Å². The van der Waals surface area contributed by atoms with Crippen LogP contribution in [0.2, 0.25) is 0 Å². The van der Waals surface area contributed by atoms with Gasteiger partial charge in [0.2, 0.25) is 0 Å². The first-order valence-electron chi connectivity index (χ1n) is 6.62. The molecule has 0 saturated carbocycles. The minimum Gasteiger partial charge on any atom is -0.351 e. The molecule has 0 aliphatic carbocycles. The number of rotatable bonds is 8. The Hall–Kier alpha value is -0.610. The molecule has 0 spiro atoms. The first-order chi connectivity index (χ1) is 8.22. The van der Waals surface area contributed by atoms with Crippen molar-refractivity contribution in [3.8, 4) is 0 Å². The number of hydrogen-bond donors (Lipinski definition) is 1. The Morgan fingerprint density at radius 3 is 2.59 bits per heavy atom. The third kappa shape index (κ3) is 4.28. The Balaban J connectivity index is 2.63. The van der Waals surface area contributed by atoms with Gasteiger partial charge in [0.1, 0.15) is 0 Å². The van der Waals surface area contributed by atoms with E-state index in [-0.39, 0.29) is 0 Å². The van der Waals surface area contributed by atoms with Crippen LogP contribution in [0.25, 0.3) is 0 Å². The van der Waals surface area contributed by atoms with Gasteiger partial charge in [-0.25, -0.2) is 4.98 Å². The Labute approximate surface area is 109 Å². The third-order valence-corrected chi connectivity index (χ3v) is 4.10. The summed E-state index contributed by atoms with van der Waals surface area (Å²) in [6.07, 6.45) is 5.98. The highest BCUT2D eigenvalue weighted by atomic mass is 32.1. The molecule has 3 nitrogen and oxygen atoms in total. The average Bonchev–Trinajstić information content (AvgIpc) is 2.73. The van der Waals surface area contributed by atoms with Gasteiger partial charge in [-0.05, 0) is 12.8 Å². The Morgan fingerprint density at radius 1 is 1.24 bits per heavy atom. The van der Waals surface area contributed by atoms with Gasteiger partial charge in [0.25, 0.3) is 0 Å². The predicted octanol–water partition coefficient (Wildman–Crippen LogP) is 3.18. The third-order valence-electron chi connectivity index (χ3n) is 2.86. The van der Waals surface area contributed by atoms with Crippen molar-refractivity contribution in [2.45, 2.75) is 52.5 Å². The normalized spacial score (nSPS) is 10.8. The Kier molecular flexibility index (Phi) is 6.52. The first kappa shape index (κ1) is 14.5. The van der Waals surface area contributed by atoms with Crippen LogP contribution in [0.3, 0.4) is 0 Å². The lowest BCUT2D eigenvalue weighted by Crippen LogP contribution is -2.18. The number of unbranched alkanes of at least 4 members (excludes halogenated alkanes) is 2. The number of nitrogens with zero attached hydrogens (tertiary/aromatic N) is 2. The minimum absolute atomic E-state index is 0.621. The summed E-state index contributed by atoms with van der Waals surface area (Å²) in [6.45, 7) is 6.13. The maximum Gasteiger partial charge on any atom is 0.185 e. The highest BCUT2D eigenvalue weighted by Gasteiger charge is 2.12. The van der Waals surface area contributed by atoms with Gasteiger partial charge in [-0.3, -0.25) is 0 Å². The summed E-state index contributed by atoms with van der Waals surface area (Å²) < 4.78 is 0. The van der Waals surface area contributed by atoms with Crippen LogP contribution in [-0.2, 0) is 13.0 Å². The van der Waals surface area contributed by atoms with Crippen molar-refractivity contribution in [3.63, 3.8) is 0 Å². The largest absolute Gasteiger partial charge is 0.351 e. The summed E-state index contributed by atoms with van der Waals surface area (Å²) in [6, 6.07) is 0. The summed E-state index contributed by atoms with van der Waals surface area (Å²) in [5.41, 5.74) is 6.97. The van der Waals surface area contributed by atoms with E-state index in [4.69, 9.17) is 10.7 Å². The van der Waals surface area contributed by atoms with Gasteiger partial charge < -0.3 is 10.6 Å². The van der Waals surface area contributed by atoms with E-state index in [0.29, 0.717) is 6.54 Å². The summed E-state index contributed by atoms with van der Waals surface area (Å²) in [5.74, 6) is 0. The molecule has 1 heterocycles. The summed E-state index contributed by atoms with van der Waals surface area (Å²) in [4.78, 5) is 8.23. The highest BCUT2D eigenvalue weighted by Crippen LogP contribution is 2.26. The first-order valence-corrected chi connectivity index (χ1v) is 7.44. The molecule has 17 heavy (non-hydrogen) atoms. The van der Waals surface area contributed by atoms with Crippen LogP contribution in [0.5, 0.6) is 0 Å².